The molecule has 1 saturated carbocycles. The zero-order valence-corrected chi connectivity index (χ0v) is 17.7. The van der Waals surface area contributed by atoms with Gasteiger partial charge in [0.1, 0.15) is 0 Å². The Morgan fingerprint density at radius 3 is 2.48 bits per heavy atom. The normalized spacial score (nSPS) is 18.3. The molecule has 0 spiro atoms. The molecular weight excluding hydrogens is 386 g/mol. The molecule has 5 heteroatoms. The number of amides is 2. The molecule has 1 heterocycles. The predicted octanol–water partition coefficient (Wildman–Crippen LogP) is 5.08. The fraction of sp³-hybridized carbons (Fsp3) is 0.308. The van der Waals surface area contributed by atoms with Gasteiger partial charge in [-0.1, -0.05) is 60.7 Å². The summed E-state index contributed by atoms with van der Waals surface area (Å²) in [7, 11) is 0. The summed E-state index contributed by atoms with van der Waals surface area (Å²) >= 11 is 0. The van der Waals surface area contributed by atoms with Crippen LogP contribution in [-0.4, -0.2) is 23.2 Å². The van der Waals surface area contributed by atoms with Gasteiger partial charge >= 0.3 is 6.03 Å². The van der Waals surface area contributed by atoms with E-state index in [-0.39, 0.29) is 18.2 Å². The van der Waals surface area contributed by atoms with Crippen molar-refractivity contribution in [2.45, 2.75) is 51.0 Å². The van der Waals surface area contributed by atoms with E-state index in [1.807, 2.05) is 18.2 Å². The minimum Gasteiger partial charge on any atom is -0.374 e. The standard InChI is InChI=1S/C26H29N3O2/c30-26(28-18-20-7-6-16-27-17-20)29-23-12-14-24(15-13-23)31-19-22-10-4-5-11-25(22)21-8-2-1-3-9-21/h1-11,16-17,23-24H,12-15,18-19H2,(H2,28,29,30). The zero-order valence-electron chi connectivity index (χ0n) is 17.7. The highest BCUT2D eigenvalue weighted by Gasteiger charge is 2.23. The Labute approximate surface area is 183 Å². The molecule has 5 nitrogen and oxygen atoms in total. The first kappa shape index (κ1) is 21.1. The average Bonchev–Trinajstić information content (AvgIpc) is 2.84. The molecule has 3 aromatic rings. The minimum atomic E-state index is -0.120. The molecular formula is C26H29N3O2. The van der Waals surface area contributed by atoms with Crippen molar-refractivity contribution in [3.05, 3.63) is 90.3 Å². The van der Waals surface area contributed by atoms with Crippen molar-refractivity contribution in [1.29, 1.82) is 0 Å². The fourth-order valence-corrected chi connectivity index (χ4v) is 4.05. The lowest BCUT2D eigenvalue weighted by atomic mass is 9.93. The van der Waals surface area contributed by atoms with E-state index in [4.69, 9.17) is 4.74 Å². The van der Waals surface area contributed by atoms with E-state index in [0.717, 1.165) is 31.2 Å². The van der Waals surface area contributed by atoms with Crippen LogP contribution in [0.2, 0.25) is 0 Å². The van der Waals surface area contributed by atoms with Crippen LogP contribution in [0.15, 0.2) is 79.1 Å². The number of nitrogens with one attached hydrogen (secondary N) is 2. The lowest BCUT2D eigenvalue weighted by molar-refractivity contribution is 0.0122. The number of nitrogens with zero attached hydrogens (tertiary/aromatic N) is 1. The molecule has 4 rings (SSSR count). The van der Waals surface area contributed by atoms with Crippen LogP contribution in [0.4, 0.5) is 4.79 Å². The molecule has 160 valence electrons. The van der Waals surface area contributed by atoms with Crippen LogP contribution in [0.5, 0.6) is 0 Å². The van der Waals surface area contributed by atoms with Crippen molar-refractivity contribution in [1.82, 2.24) is 15.6 Å². The Bertz CT molecular complexity index is 955. The van der Waals surface area contributed by atoms with Gasteiger partial charge in [-0.25, -0.2) is 4.79 Å². The molecule has 1 aliphatic rings. The number of carbonyl (C=O) groups is 1. The van der Waals surface area contributed by atoms with Gasteiger partial charge in [-0.05, 0) is 54.0 Å². The molecule has 0 bridgehead atoms. The molecule has 1 aromatic heterocycles. The smallest absolute Gasteiger partial charge is 0.315 e. The van der Waals surface area contributed by atoms with Crippen LogP contribution in [0.25, 0.3) is 11.1 Å². The monoisotopic (exact) mass is 415 g/mol. The topological polar surface area (TPSA) is 63.2 Å². The number of carbonyl (C=O) groups excluding carboxylic acids is 1. The van der Waals surface area contributed by atoms with Gasteiger partial charge in [0.2, 0.25) is 0 Å². The maximum absolute atomic E-state index is 12.2. The van der Waals surface area contributed by atoms with E-state index in [9.17, 15) is 4.79 Å². The van der Waals surface area contributed by atoms with Crippen molar-refractivity contribution < 1.29 is 9.53 Å². The zero-order chi connectivity index (χ0) is 21.3. The Morgan fingerprint density at radius 2 is 1.71 bits per heavy atom. The van der Waals surface area contributed by atoms with E-state index < -0.39 is 0 Å². The lowest BCUT2D eigenvalue weighted by Crippen LogP contribution is -2.44. The summed E-state index contributed by atoms with van der Waals surface area (Å²) < 4.78 is 6.25. The Kier molecular flexibility index (Phi) is 7.29. The molecule has 1 aliphatic carbocycles. The highest BCUT2D eigenvalue weighted by Crippen LogP contribution is 2.27. The highest BCUT2D eigenvalue weighted by atomic mass is 16.5. The minimum absolute atomic E-state index is 0.120. The Morgan fingerprint density at radius 1 is 0.935 bits per heavy atom. The quantitative estimate of drug-likeness (QED) is 0.566. The molecule has 0 saturated heterocycles. The van der Waals surface area contributed by atoms with Gasteiger partial charge in [-0.3, -0.25) is 4.98 Å². The molecule has 31 heavy (non-hydrogen) atoms. The Hall–Kier alpha value is -3.18. The van der Waals surface area contributed by atoms with Gasteiger partial charge in [-0.2, -0.15) is 0 Å². The van der Waals surface area contributed by atoms with E-state index in [1.165, 1.54) is 16.7 Å². The number of ether oxygens (including phenoxy) is 1. The van der Waals surface area contributed by atoms with Crippen LogP contribution in [0.3, 0.4) is 0 Å². The third-order valence-electron chi connectivity index (χ3n) is 5.76. The first-order valence-electron chi connectivity index (χ1n) is 11.0. The fourth-order valence-electron chi connectivity index (χ4n) is 4.05. The third kappa shape index (κ3) is 6.15. The van der Waals surface area contributed by atoms with Gasteiger partial charge in [0.15, 0.2) is 0 Å². The molecule has 2 amide bonds. The molecule has 2 aromatic carbocycles. The summed E-state index contributed by atoms with van der Waals surface area (Å²) in [5, 5.41) is 5.99. The van der Waals surface area contributed by atoms with Crippen molar-refractivity contribution in [2.24, 2.45) is 0 Å². The number of pyridine rings is 1. The van der Waals surface area contributed by atoms with Crippen LogP contribution < -0.4 is 10.6 Å². The third-order valence-corrected chi connectivity index (χ3v) is 5.76. The summed E-state index contributed by atoms with van der Waals surface area (Å²) in [5.74, 6) is 0. The molecule has 0 radical (unpaired) electrons. The average molecular weight is 416 g/mol. The molecule has 0 unspecified atom stereocenters. The van der Waals surface area contributed by atoms with E-state index in [2.05, 4.69) is 64.1 Å². The molecule has 2 N–H and O–H groups in total. The number of urea groups is 1. The van der Waals surface area contributed by atoms with Gasteiger partial charge in [0.05, 0.1) is 12.7 Å². The van der Waals surface area contributed by atoms with E-state index in [1.54, 1.807) is 12.4 Å². The van der Waals surface area contributed by atoms with Gasteiger partial charge in [0, 0.05) is 25.0 Å². The van der Waals surface area contributed by atoms with Crippen molar-refractivity contribution in [3.8, 4) is 11.1 Å². The second-order valence-corrected chi connectivity index (χ2v) is 8.00. The van der Waals surface area contributed by atoms with Gasteiger partial charge in [-0.15, -0.1) is 0 Å². The number of rotatable bonds is 7. The van der Waals surface area contributed by atoms with Gasteiger partial charge in [0.25, 0.3) is 0 Å². The van der Waals surface area contributed by atoms with Crippen LogP contribution in [0.1, 0.15) is 36.8 Å². The lowest BCUT2D eigenvalue weighted by Gasteiger charge is -2.29. The van der Waals surface area contributed by atoms with Crippen molar-refractivity contribution in [2.75, 3.05) is 0 Å². The largest absolute Gasteiger partial charge is 0.374 e. The second kappa shape index (κ2) is 10.7. The number of aromatic nitrogens is 1. The first-order chi connectivity index (χ1) is 15.3. The summed E-state index contributed by atoms with van der Waals surface area (Å²) in [4.78, 5) is 16.2. The highest BCUT2D eigenvalue weighted by molar-refractivity contribution is 5.74. The number of hydrogen-bond donors (Lipinski definition) is 2. The maximum atomic E-state index is 12.2. The maximum Gasteiger partial charge on any atom is 0.315 e. The summed E-state index contributed by atoms with van der Waals surface area (Å²) in [6.45, 7) is 1.10. The van der Waals surface area contributed by atoms with E-state index in [0.29, 0.717) is 13.2 Å². The van der Waals surface area contributed by atoms with Crippen molar-refractivity contribution in [3.63, 3.8) is 0 Å². The van der Waals surface area contributed by atoms with Crippen LogP contribution >= 0.6 is 0 Å². The van der Waals surface area contributed by atoms with Gasteiger partial charge < -0.3 is 15.4 Å². The summed E-state index contributed by atoms with van der Waals surface area (Å²) in [5.41, 5.74) is 4.64. The number of hydrogen-bond acceptors (Lipinski definition) is 3. The van der Waals surface area contributed by atoms with Crippen LogP contribution in [-0.2, 0) is 17.9 Å². The molecule has 0 atom stereocenters. The predicted molar refractivity (Wildman–Crippen MR) is 122 cm³/mol. The first-order valence-corrected chi connectivity index (χ1v) is 11.0. The summed E-state index contributed by atoms with van der Waals surface area (Å²) in [6, 6.07) is 22.8. The summed E-state index contributed by atoms with van der Waals surface area (Å²) in [6.07, 6.45) is 7.52. The van der Waals surface area contributed by atoms with E-state index >= 15 is 0 Å². The van der Waals surface area contributed by atoms with Crippen LogP contribution in [0, 0.1) is 0 Å². The SMILES string of the molecule is O=C(NCc1cccnc1)NC1CCC(OCc2ccccc2-c2ccccc2)CC1. The molecule has 0 aliphatic heterocycles. The molecule has 1 fully saturated rings. The van der Waals surface area contributed by atoms with Crippen molar-refractivity contribution >= 4 is 6.03 Å². The second-order valence-electron chi connectivity index (χ2n) is 8.00. The Balaban J connectivity index is 1.21. The number of benzene rings is 2.